The number of aliphatic hydroxyl groups excluding tert-OH is 1. The summed E-state index contributed by atoms with van der Waals surface area (Å²) in [6.07, 6.45) is -1.63. The smallest absolute Gasteiger partial charge is 0.334 e. The average Bonchev–Trinajstić information content (AvgIpc) is 2.13. The van der Waals surface area contributed by atoms with Crippen LogP contribution in [0.1, 0.15) is 20.8 Å². The summed E-state index contributed by atoms with van der Waals surface area (Å²) < 4.78 is 4.81. The molecule has 0 aliphatic heterocycles. The van der Waals surface area contributed by atoms with Gasteiger partial charge in [-0.15, -0.1) is 0 Å². The van der Waals surface area contributed by atoms with E-state index in [0.717, 1.165) is 0 Å². The fourth-order valence-corrected chi connectivity index (χ4v) is 0.726. The van der Waals surface area contributed by atoms with Gasteiger partial charge in [-0.2, -0.15) is 0 Å². The lowest BCUT2D eigenvalue weighted by molar-refractivity contribution is -0.157. The number of aliphatic hydroxyl groups is 1. The summed E-state index contributed by atoms with van der Waals surface area (Å²) in [5.74, 6) is -0.984. The standard InChI is InChI=1S/C10H17NO4/c1-6(2)9(13)11-5-7(3)15-10(14)8(4)12/h7-8,12H,1,5H2,2-4H3,(H,11,13). The zero-order valence-corrected chi connectivity index (χ0v) is 9.24. The molecule has 86 valence electrons. The molecular formula is C10H17NO4. The minimum Gasteiger partial charge on any atom is -0.459 e. The minimum atomic E-state index is -1.15. The molecule has 0 aromatic rings. The molecule has 1 amide bonds. The third-order valence-electron chi connectivity index (χ3n) is 1.60. The van der Waals surface area contributed by atoms with Gasteiger partial charge in [0.15, 0.2) is 0 Å². The van der Waals surface area contributed by atoms with E-state index >= 15 is 0 Å². The Morgan fingerprint density at radius 1 is 1.47 bits per heavy atom. The number of rotatable bonds is 5. The summed E-state index contributed by atoms with van der Waals surface area (Å²) in [6.45, 7) is 8.19. The van der Waals surface area contributed by atoms with Crippen LogP contribution in [-0.4, -0.2) is 35.7 Å². The molecule has 2 unspecified atom stereocenters. The van der Waals surface area contributed by atoms with Crippen LogP contribution in [0.4, 0.5) is 0 Å². The van der Waals surface area contributed by atoms with Crippen molar-refractivity contribution in [2.75, 3.05) is 6.54 Å². The zero-order chi connectivity index (χ0) is 12.0. The van der Waals surface area contributed by atoms with Crippen LogP contribution >= 0.6 is 0 Å². The molecule has 15 heavy (non-hydrogen) atoms. The Labute approximate surface area is 89.1 Å². The summed E-state index contributed by atoms with van der Waals surface area (Å²) in [7, 11) is 0. The summed E-state index contributed by atoms with van der Waals surface area (Å²) in [5, 5.41) is 11.4. The third-order valence-corrected chi connectivity index (χ3v) is 1.60. The SMILES string of the molecule is C=C(C)C(=O)NCC(C)OC(=O)C(C)O. The third kappa shape index (κ3) is 5.85. The second-order valence-corrected chi connectivity index (χ2v) is 3.41. The van der Waals surface area contributed by atoms with Crippen LogP contribution in [-0.2, 0) is 14.3 Å². The first-order valence-corrected chi connectivity index (χ1v) is 4.67. The molecule has 0 spiro atoms. The number of hydrogen-bond acceptors (Lipinski definition) is 4. The van der Waals surface area contributed by atoms with Crippen LogP contribution in [0.2, 0.25) is 0 Å². The normalized spacial score (nSPS) is 13.9. The highest BCUT2D eigenvalue weighted by molar-refractivity contribution is 5.92. The highest BCUT2D eigenvalue weighted by atomic mass is 16.6. The first kappa shape index (κ1) is 13.6. The monoisotopic (exact) mass is 215 g/mol. The molecule has 0 saturated heterocycles. The van der Waals surface area contributed by atoms with Crippen LogP contribution in [0.5, 0.6) is 0 Å². The van der Waals surface area contributed by atoms with Crippen molar-refractivity contribution in [2.24, 2.45) is 0 Å². The van der Waals surface area contributed by atoms with Crippen molar-refractivity contribution in [3.63, 3.8) is 0 Å². The molecule has 5 heteroatoms. The number of ether oxygens (including phenoxy) is 1. The first-order chi connectivity index (χ1) is 6.84. The van der Waals surface area contributed by atoms with Gasteiger partial charge in [-0.05, 0) is 20.8 Å². The van der Waals surface area contributed by atoms with Crippen LogP contribution in [0.3, 0.4) is 0 Å². The molecule has 0 fully saturated rings. The Balaban J connectivity index is 3.85. The quantitative estimate of drug-likeness (QED) is 0.499. The van der Waals surface area contributed by atoms with E-state index in [1.54, 1.807) is 13.8 Å². The van der Waals surface area contributed by atoms with Gasteiger partial charge in [0.25, 0.3) is 0 Å². The van der Waals surface area contributed by atoms with E-state index in [9.17, 15) is 9.59 Å². The van der Waals surface area contributed by atoms with Gasteiger partial charge in [0.2, 0.25) is 5.91 Å². The fourth-order valence-electron chi connectivity index (χ4n) is 0.726. The van der Waals surface area contributed by atoms with Gasteiger partial charge in [0.05, 0.1) is 6.54 Å². The molecule has 0 aliphatic carbocycles. The van der Waals surface area contributed by atoms with E-state index in [2.05, 4.69) is 11.9 Å². The summed E-state index contributed by atoms with van der Waals surface area (Å²) in [5.41, 5.74) is 0.393. The first-order valence-electron chi connectivity index (χ1n) is 4.67. The lowest BCUT2D eigenvalue weighted by Gasteiger charge is -2.15. The van der Waals surface area contributed by atoms with Crippen molar-refractivity contribution in [3.8, 4) is 0 Å². The zero-order valence-electron chi connectivity index (χ0n) is 9.24. The van der Waals surface area contributed by atoms with Crippen molar-refractivity contribution < 1.29 is 19.4 Å². The molecule has 0 aliphatic rings. The summed E-state index contributed by atoms with van der Waals surface area (Å²) in [6, 6.07) is 0. The van der Waals surface area contributed by atoms with Crippen molar-refractivity contribution in [3.05, 3.63) is 12.2 Å². The maximum atomic E-state index is 11.1. The molecule has 0 rings (SSSR count). The van der Waals surface area contributed by atoms with Crippen molar-refractivity contribution in [1.29, 1.82) is 0 Å². The molecule has 0 saturated carbocycles. The topological polar surface area (TPSA) is 75.6 Å². The molecule has 0 heterocycles. The van der Waals surface area contributed by atoms with Gasteiger partial charge in [-0.25, -0.2) is 4.79 Å². The average molecular weight is 215 g/mol. The van der Waals surface area contributed by atoms with Gasteiger partial charge in [-0.1, -0.05) is 6.58 Å². The Bertz CT molecular complexity index is 260. The number of esters is 1. The van der Waals surface area contributed by atoms with Crippen molar-refractivity contribution in [2.45, 2.75) is 33.0 Å². The molecule has 0 aromatic carbocycles. The maximum Gasteiger partial charge on any atom is 0.334 e. The number of amides is 1. The largest absolute Gasteiger partial charge is 0.459 e. The van der Waals surface area contributed by atoms with Gasteiger partial charge in [0, 0.05) is 5.57 Å². The molecule has 5 nitrogen and oxygen atoms in total. The van der Waals surface area contributed by atoms with E-state index in [1.807, 2.05) is 0 Å². The molecule has 0 aromatic heterocycles. The van der Waals surface area contributed by atoms with E-state index in [4.69, 9.17) is 9.84 Å². The van der Waals surface area contributed by atoms with Gasteiger partial charge in [-0.3, -0.25) is 4.79 Å². The van der Waals surface area contributed by atoms with E-state index in [-0.39, 0.29) is 12.5 Å². The Kier molecular flexibility index (Phi) is 5.62. The van der Waals surface area contributed by atoms with E-state index in [0.29, 0.717) is 5.57 Å². The van der Waals surface area contributed by atoms with Crippen LogP contribution in [0.15, 0.2) is 12.2 Å². The predicted molar refractivity (Wildman–Crippen MR) is 55.1 cm³/mol. The second kappa shape index (κ2) is 6.19. The summed E-state index contributed by atoms with van der Waals surface area (Å²) in [4.78, 5) is 22.0. The number of carbonyl (C=O) groups is 2. The fraction of sp³-hybridized carbons (Fsp3) is 0.600. The molecule has 0 radical (unpaired) electrons. The highest BCUT2D eigenvalue weighted by Crippen LogP contribution is 1.95. The van der Waals surface area contributed by atoms with Gasteiger partial charge >= 0.3 is 5.97 Å². The van der Waals surface area contributed by atoms with Crippen LogP contribution in [0.25, 0.3) is 0 Å². The lowest BCUT2D eigenvalue weighted by Crippen LogP contribution is -2.35. The summed E-state index contributed by atoms with van der Waals surface area (Å²) >= 11 is 0. The second-order valence-electron chi connectivity index (χ2n) is 3.41. The molecular weight excluding hydrogens is 198 g/mol. The van der Waals surface area contributed by atoms with Gasteiger partial charge < -0.3 is 15.2 Å². The van der Waals surface area contributed by atoms with Crippen LogP contribution < -0.4 is 5.32 Å². The predicted octanol–water partition coefficient (Wildman–Crippen LogP) is -0.00880. The van der Waals surface area contributed by atoms with Crippen LogP contribution in [0, 0.1) is 0 Å². The lowest BCUT2D eigenvalue weighted by atomic mass is 10.3. The molecule has 2 N–H and O–H groups in total. The number of nitrogens with one attached hydrogen (secondary N) is 1. The molecule has 2 atom stereocenters. The van der Waals surface area contributed by atoms with E-state index in [1.165, 1.54) is 6.92 Å². The Morgan fingerprint density at radius 2 is 2.00 bits per heavy atom. The van der Waals surface area contributed by atoms with Gasteiger partial charge in [0.1, 0.15) is 12.2 Å². The van der Waals surface area contributed by atoms with Crippen molar-refractivity contribution >= 4 is 11.9 Å². The maximum absolute atomic E-state index is 11.1. The number of hydrogen-bond donors (Lipinski definition) is 2. The highest BCUT2D eigenvalue weighted by Gasteiger charge is 2.14. The van der Waals surface area contributed by atoms with Crippen molar-refractivity contribution in [1.82, 2.24) is 5.32 Å². The Morgan fingerprint density at radius 3 is 2.40 bits per heavy atom. The Hall–Kier alpha value is -1.36. The van der Waals surface area contributed by atoms with E-state index < -0.39 is 18.2 Å². The molecule has 0 bridgehead atoms. The minimum absolute atomic E-state index is 0.199. The number of carbonyl (C=O) groups excluding carboxylic acids is 2.